The molecule has 44 heavy (non-hydrogen) atoms. The van der Waals surface area contributed by atoms with Crippen LogP contribution < -0.4 is 15.4 Å². The van der Waals surface area contributed by atoms with Gasteiger partial charge in [0.15, 0.2) is 0 Å². The smallest absolute Gasteiger partial charge is 0.306 e. The number of amides is 2. The Morgan fingerprint density at radius 2 is 1.66 bits per heavy atom. The number of aliphatic hydroxyl groups excluding tert-OH is 1. The Morgan fingerprint density at radius 3 is 2.39 bits per heavy atom. The van der Waals surface area contributed by atoms with E-state index < -0.39 is 18.1 Å². The molecule has 3 N–H and O–H groups in total. The third kappa shape index (κ3) is 11.0. The largest absolute Gasteiger partial charge is 0.489 e. The molecule has 3 aromatic carbocycles. The number of aliphatic hydroxyl groups is 1. The number of nitrogens with one attached hydrogen (secondary N) is 2. The van der Waals surface area contributed by atoms with Crippen LogP contribution in [0.1, 0.15) is 61.3 Å². The molecule has 3 atom stereocenters. The average molecular weight is 599 g/mol. The Morgan fingerprint density at radius 1 is 0.932 bits per heavy atom. The quantitative estimate of drug-likeness (QED) is 0.218. The van der Waals surface area contributed by atoms with Crippen LogP contribution in [-0.4, -0.2) is 42.1 Å². The van der Waals surface area contributed by atoms with Crippen molar-refractivity contribution >= 4 is 17.8 Å². The van der Waals surface area contributed by atoms with Crippen molar-refractivity contribution in [2.75, 3.05) is 13.2 Å². The van der Waals surface area contributed by atoms with Crippen LogP contribution >= 0.6 is 0 Å². The van der Waals surface area contributed by atoms with Crippen molar-refractivity contribution in [1.82, 2.24) is 10.6 Å². The fraction of sp³-hybridized carbons (Fsp3) is 0.361. The molecule has 0 fully saturated rings. The lowest BCUT2D eigenvalue weighted by molar-refractivity contribution is -0.150. The molecule has 3 aromatic rings. The Kier molecular flexibility index (Phi) is 13.0. The SMILES string of the molecule is O=C(C[C@H]1CC=CCCCCC(=O)O[C@H](c2ccccc2)CNC1=O)N[C@H](CO)Cc1ccc(OCc2ccccc2)cc1. The van der Waals surface area contributed by atoms with E-state index in [4.69, 9.17) is 9.47 Å². The maximum Gasteiger partial charge on any atom is 0.306 e. The molecule has 0 aromatic heterocycles. The second-order valence-electron chi connectivity index (χ2n) is 11.1. The number of hydrogen-bond donors (Lipinski definition) is 3. The van der Waals surface area contributed by atoms with E-state index in [1.807, 2.05) is 97.1 Å². The van der Waals surface area contributed by atoms with Crippen LogP contribution in [-0.2, 0) is 32.1 Å². The number of benzene rings is 3. The zero-order valence-corrected chi connectivity index (χ0v) is 25.0. The monoisotopic (exact) mass is 598 g/mol. The first kappa shape index (κ1) is 32.5. The van der Waals surface area contributed by atoms with Crippen molar-refractivity contribution in [2.45, 2.75) is 63.7 Å². The number of esters is 1. The van der Waals surface area contributed by atoms with Gasteiger partial charge in [0.1, 0.15) is 18.5 Å². The number of allylic oxidation sites excluding steroid dienone is 2. The van der Waals surface area contributed by atoms with Gasteiger partial charge in [0.05, 0.1) is 25.1 Å². The van der Waals surface area contributed by atoms with Crippen LogP contribution in [0.3, 0.4) is 0 Å². The van der Waals surface area contributed by atoms with Gasteiger partial charge >= 0.3 is 5.97 Å². The highest BCUT2D eigenvalue weighted by Gasteiger charge is 2.25. The van der Waals surface area contributed by atoms with Crippen LogP contribution in [0.4, 0.5) is 0 Å². The highest BCUT2D eigenvalue weighted by Crippen LogP contribution is 2.20. The molecule has 8 nitrogen and oxygen atoms in total. The van der Waals surface area contributed by atoms with E-state index in [-0.39, 0.29) is 37.4 Å². The van der Waals surface area contributed by atoms with Gasteiger partial charge in [0.25, 0.3) is 0 Å². The van der Waals surface area contributed by atoms with Crippen LogP contribution in [0.15, 0.2) is 97.1 Å². The maximum atomic E-state index is 13.3. The Bertz CT molecular complexity index is 1340. The molecule has 1 heterocycles. The van der Waals surface area contributed by atoms with E-state index in [2.05, 4.69) is 10.6 Å². The number of hydrogen-bond acceptors (Lipinski definition) is 6. The molecule has 0 unspecified atom stereocenters. The van der Waals surface area contributed by atoms with Crippen molar-refractivity contribution in [3.05, 3.63) is 114 Å². The minimum Gasteiger partial charge on any atom is -0.489 e. The molecule has 0 saturated heterocycles. The fourth-order valence-electron chi connectivity index (χ4n) is 5.06. The molecule has 1 aliphatic heterocycles. The van der Waals surface area contributed by atoms with Crippen molar-refractivity contribution in [2.24, 2.45) is 5.92 Å². The van der Waals surface area contributed by atoms with Crippen LogP contribution in [0, 0.1) is 5.92 Å². The lowest BCUT2D eigenvalue weighted by Gasteiger charge is -2.22. The van der Waals surface area contributed by atoms with Crippen molar-refractivity contribution < 1.29 is 29.0 Å². The number of rotatable bonds is 10. The van der Waals surface area contributed by atoms with E-state index in [1.165, 1.54) is 0 Å². The predicted octanol–water partition coefficient (Wildman–Crippen LogP) is 5.21. The molecule has 0 aliphatic carbocycles. The van der Waals surface area contributed by atoms with E-state index in [9.17, 15) is 19.5 Å². The molecule has 0 saturated carbocycles. The topological polar surface area (TPSA) is 114 Å². The molecular weight excluding hydrogens is 556 g/mol. The van der Waals surface area contributed by atoms with Crippen LogP contribution in [0.5, 0.6) is 5.75 Å². The number of carbonyl (C=O) groups is 3. The summed E-state index contributed by atoms with van der Waals surface area (Å²) in [7, 11) is 0. The summed E-state index contributed by atoms with van der Waals surface area (Å²) >= 11 is 0. The first-order chi connectivity index (χ1) is 21.5. The molecule has 0 spiro atoms. The minimum absolute atomic E-state index is 0.0330. The summed E-state index contributed by atoms with van der Waals surface area (Å²) in [6.45, 7) is 0.344. The maximum absolute atomic E-state index is 13.3. The normalized spacial score (nSPS) is 18.8. The van der Waals surface area contributed by atoms with Crippen molar-refractivity contribution in [3.63, 3.8) is 0 Å². The van der Waals surface area contributed by atoms with Crippen LogP contribution in [0.2, 0.25) is 0 Å². The van der Waals surface area contributed by atoms with Gasteiger partial charge in [0, 0.05) is 12.8 Å². The Balaban J connectivity index is 1.33. The Labute approximate surface area is 259 Å². The number of cyclic esters (lactones) is 1. The second kappa shape index (κ2) is 17.6. The third-order valence-corrected chi connectivity index (χ3v) is 7.54. The molecule has 0 bridgehead atoms. The van der Waals surface area contributed by atoms with E-state index in [0.29, 0.717) is 25.9 Å². The summed E-state index contributed by atoms with van der Waals surface area (Å²) in [5.74, 6) is -0.770. The molecule has 0 radical (unpaired) electrons. The molecular formula is C36H42N2O6. The molecule has 8 heteroatoms. The van der Waals surface area contributed by atoms with Gasteiger partial charge in [-0.05, 0) is 60.9 Å². The summed E-state index contributed by atoms with van der Waals surface area (Å²) < 4.78 is 11.6. The first-order valence-corrected chi connectivity index (χ1v) is 15.3. The molecule has 4 rings (SSSR count). The van der Waals surface area contributed by atoms with Crippen molar-refractivity contribution in [3.8, 4) is 5.75 Å². The summed E-state index contributed by atoms with van der Waals surface area (Å²) in [4.78, 5) is 38.8. The summed E-state index contributed by atoms with van der Waals surface area (Å²) in [5.41, 5.74) is 2.82. The second-order valence-corrected chi connectivity index (χ2v) is 11.1. The first-order valence-electron chi connectivity index (χ1n) is 15.3. The van der Waals surface area contributed by atoms with Gasteiger partial charge in [-0.25, -0.2) is 0 Å². The zero-order valence-electron chi connectivity index (χ0n) is 25.0. The summed E-state index contributed by atoms with van der Waals surface area (Å²) in [6.07, 6.45) is 6.76. The standard InChI is InChI=1S/C36H42N2O6/c39-25-31(22-27-18-20-32(21-19-27)43-26-28-12-6-4-7-13-28)38-34(40)23-30-16-8-2-1-3-11-17-35(41)44-33(24-37-36(30)42)29-14-9-5-10-15-29/h2,4-10,12-15,18-21,30-31,33,39H,1,3,11,16-17,22-26H2,(H,37,42)(H,38,40)/t30-,31+,33+/m1/s1. The van der Waals surface area contributed by atoms with Crippen LogP contribution in [0.25, 0.3) is 0 Å². The lowest BCUT2D eigenvalue weighted by atomic mass is 9.98. The number of ether oxygens (including phenoxy) is 2. The van der Waals surface area contributed by atoms with Gasteiger partial charge in [-0.3, -0.25) is 14.4 Å². The molecule has 232 valence electrons. The van der Waals surface area contributed by atoms with E-state index in [1.54, 1.807) is 0 Å². The minimum atomic E-state index is -0.616. The molecule has 2 amide bonds. The van der Waals surface area contributed by atoms with Crippen molar-refractivity contribution in [1.29, 1.82) is 0 Å². The van der Waals surface area contributed by atoms with E-state index >= 15 is 0 Å². The van der Waals surface area contributed by atoms with Gasteiger partial charge in [0.2, 0.25) is 11.8 Å². The average Bonchev–Trinajstić information content (AvgIpc) is 3.05. The Hall–Kier alpha value is -4.43. The predicted molar refractivity (Wildman–Crippen MR) is 169 cm³/mol. The van der Waals surface area contributed by atoms with Gasteiger partial charge in [-0.1, -0.05) is 84.9 Å². The number of carbonyl (C=O) groups excluding carboxylic acids is 3. The lowest BCUT2D eigenvalue weighted by Crippen LogP contribution is -2.42. The highest BCUT2D eigenvalue weighted by molar-refractivity contribution is 5.86. The molecule has 1 aliphatic rings. The highest BCUT2D eigenvalue weighted by atomic mass is 16.5. The summed E-state index contributed by atoms with van der Waals surface area (Å²) in [5, 5.41) is 15.8. The fourth-order valence-corrected chi connectivity index (χ4v) is 5.06. The summed E-state index contributed by atoms with van der Waals surface area (Å²) in [6, 6.07) is 26.3. The van der Waals surface area contributed by atoms with E-state index in [0.717, 1.165) is 41.7 Å². The van der Waals surface area contributed by atoms with Gasteiger partial charge < -0.3 is 25.2 Å². The van der Waals surface area contributed by atoms with Gasteiger partial charge in [-0.2, -0.15) is 0 Å². The van der Waals surface area contributed by atoms with Gasteiger partial charge in [-0.15, -0.1) is 0 Å². The third-order valence-electron chi connectivity index (χ3n) is 7.54. The zero-order chi connectivity index (χ0) is 31.0.